The van der Waals surface area contributed by atoms with Gasteiger partial charge in [-0.05, 0) is 62.7 Å². The Bertz CT molecular complexity index is 1150. The van der Waals surface area contributed by atoms with Gasteiger partial charge < -0.3 is 10.3 Å². The van der Waals surface area contributed by atoms with E-state index in [1.165, 1.54) is 11.8 Å². The minimum atomic E-state index is -0.401. The Morgan fingerprint density at radius 2 is 1.59 bits per heavy atom. The Labute approximate surface area is 185 Å². The lowest BCUT2D eigenvalue weighted by Gasteiger charge is -2.28. The van der Waals surface area contributed by atoms with Crippen LogP contribution >= 0.6 is 22.6 Å². The van der Waals surface area contributed by atoms with Crippen molar-refractivity contribution in [2.75, 3.05) is 5.32 Å². The summed E-state index contributed by atoms with van der Waals surface area (Å²) in [6, 6.07) is 11.4. The average Bonchev–Trinajstić information content (AvgIpc) is 2.60. The van der Waals surface area contributed by atoms with Crippen LogP contribution in [0.1, 0.15) is 63.0 Å². The van der Waals surface area contributed by atoms with Crippen LogP contribution in [0.25, 0.3) is 10.9 Å². The van der Waals surface area contributed by atoms with Crippen molar-refractivity contribution in [3.8, 4) is 0 Å². The molecule has 0 saturated heterocycles. The van der Waals surface area contributed by atoms with Gasteiger partial charge in [0.2, 0.25) is 5.43 Å². The first-order chi connectivity index (χ1) is 13.4. The smallest absolute Gasteiger partial charge is 0.261 e. The fourth-order valence-electron chi connectivity index (χ4n) is 3.40. The van der Waals surface area contributed by atoms with E-state index in [1.54, 1.807) is 12.1 Å². The summed E-state index contributed by atoms with van der Waals surface area (Å²) in [5, 5.41) is 3.50. The Kier molecular flexibility index (Phi) is 5.64. The molecule has 1 amide bonds. The molecule has 0 saturated carbocycles. The van der Waals surface area contributed by atoms with Crippen LogP contribution in [0.15, 0.2) is 47.4 Å². The number of benzene rings is 2. The van der Waals surface area contributed by atoms with Gasteiger partial charge in [0.25, 0.3) is 5.91 Å². The second-order valence-corrected chi connectivity index (χ2v) is 10.6. The van der Waals surface area contributed by atoms with Gasteiger partial charge >= 0.3 is 0 Å². The van der Waals surface area contributed by atoms with Crippen LogP contribution in [0.3, 0.4) is 0 Å². The van der Waals surface area contributed by atoms with Gasteiger partial charge in [-0.2, -0.15) is 0 Å². The van der Waals surface area contributed by atoms with Gasteiger partial charge in [0.1, 0.15) is 5.56 Å². The quantitative estimate of drug-likeness (QED) is 0.424. The molecular formula is C24H27IN2O2. The largest absolute Gasteiger partial charge is 0.360 e. The van der Waals surface area contributed by atoms with E-state index < -0.39 is 5.91 Å². The normalized spacial score (nSPS) is 12.2. The zero-order chi connectivity index (χ0) is 21.6. The molecule has 2 N–H and O–H groups in total. The van der Waals surface area contributed by atoms with Crippen LogP contribution in [0.5, 0.6) is 0 Å². The lowest BCUT2D eigenvalue weighted by atomic mass is 9.80. The summed E-state index contributed by atoms with van der Waals surface area (Å²) < 4.78 is 1.09. The average molecular weight is 502 g/mol. The van der Waals surface area contributed by atoms with E-state index in [1.807, 2.05) is 18.2 Å². The lowest BCUT2D eigenvalue weighted by Crippen LogP contribution is -2.25. The van der Waals surface area contributed by atoms with Crippen LogP contribution in [-0.2, 0) is 10.8 Å². The van der Waals surface area contributed by atoms with Gasteiger partial charge in [-0.15, -0.1) is 0 Å². The predicted molar refractivity (Wildman–Crippen MR) is 129 cm³/mol. The summed E-state index contributed by atoms with van der Waals surface area (Å²) in [6.07, 6.45) is 1.49. The summed E-state index contributed by atoms with van der Waals surface area (Å²) >= 11 is 2.32. The van der Waals surface area contributed by atoms with Crippen molar-refractivity contribution in [3.05, 3.63) is 73.1 Å². The van der Waals surface area contributed by atoms with Gasteiger partial charge in [0, 0.05) is 26.4 Å². The molecule has 0 spiro atoms. The maximum absolute atomic E-state index is 13.0. The highest BCUT2D eigenvalue weighted by Gasteiger charge is 2.26. The van der Waals surface area contributed by atoms with Crippen molar-refractivity contribution in [1.29, 1.82) is 0 Å². The molecule has 0 atom stereocenters. The number of para-hydroxylation sites is 1. The van der Waals surface area contributed by atoms with Crippen molar-refractivity contribution >= 4 is 45.1 Å². The molecular weight excluding hydrogens is 475 g/mol. The van der Waals surface area contributed by atoms with Crippen LogP contribution in [0.2, 0.25) is 0 Å². The number of H-pyrrole nitrogens is 1. The number of fused-ring (bicyclic) bond motifs is 1. The van der Waals surface area contributed by atoms with Crippen molar-refractivity contribution in [2.24, 2.45) is 0 Å². The standard InChI is InChI=1S/C24H27IN2O2/c1-23(2,3)16-11-17(24(4,5)6)20(12-18(16)25)27-22(29)15-13-26-19-10-8-7-9-14(19)21(15)28/h7-13H,1-6H3,(H,26,28)(H,27,29). The van der Waals surface area contributed by atoms with E-state index in [2.05, 4.69) is 80.5 Å². The third-order valence-corrected chi connectivity index (χ3v) is 5.90. The fourth-order valence-corrected chi connectivity index (χ4v) is 4.67. The first kappa shape index (κ1) is 21.6. The van der Waals surface area contributed by atoms with Gasteiger partial charge in [0.05, 0.1) is 0 Å². The molecule has 0 aliphatic heterocycles. The molecule has 0 radical (unpaired) electrons. The van der Waals surface area contributed by atoms with Crippen LogP contribution in [-0.4, -0.2) is 10.9 Å². The van der Waals surface area contributed by atoms with Crippen molar-refractivity contribution in [3.63, 3.8) is 0 Å². The van der Waals surface area contributed by atoms with E-state index >= 15 is 0 Å². The molecule has 0 fully saturated rings. The van der Waals surface area contributed by atoms with Crippen molar-refractivity contribution in [2.45, 2.75) is 52.4 Å². The molecule has 152 valence electrons. The van der Waals surface area contributed by atoms with Crippen molar-refractivity contribution in [1.82, 2.24) is 4.98 Å². The number of halogens is 1. The van der Waals surface area contributed by atoms with Crippen LogP contribution < -0.4 is 10.7 Å². The molecule has 5 heteroatoms. The first-order valence-corrected chi connectivity index (χ1v) is 10.7. The number of carbonyl (C=O) groups is 1. The Hall–Kier alpha value is -2.15. The fraction of sp³-hybridized carbons (Fsp3) is 0.333. The van der Waals surface area contributed by atoms with E-state index in [0.717, 1.165) is 14.8 Å². The zero-order valence-electron chi connectivity index (χ0n) is 17.7. The van der Waals surface area contributed by atoms with Crippen LogP contribution in [0, 0.1) is 3.57 Å². The maximum Gasteiger partial charge on any atom is 0.261 e. The number of carbonyl (C=O) groups excluding carboxylic acids is 1. The minimum Gasteiger partial charge on any atom is -0.360 e. The first-order valence-electron chi connectivity index (χ1n) is 9.66. The summed E-state index contributed by atoms with van der Waals surface area (Å²) in [6.45, 7) is 12.9. The number of aromatic nitrogens is 1. The summed E-state index contributed by atoms with van der Waals surface area (Å²) in [4.78, 5) is 28.9. The summed E-state index contributed by atoms with van der Waals surface area (Å²) in [7, 11) is 0. The molecule has 3 aromatic rings. The van der Waals surface area contributed by atoms with Gasteiger partial charge in [0.15, 0.2) is 0 Å². The molecule has 0 unspecified atom stereocenters. The molecule has 0 bridgehead atoms. The Morgan fingerprint density at radius 1 is 0.966 bits per heavy atom. The third kappa shape index (κ3) is 4.39. The van der Waals surface area contributed by atoms with Gasteiger partial charge in [-0.1, -0.05) is 59.7 Å². The monoisotopic (exact) mass is 502 g/mol. The second kappa shape index (κ2) is 7.59. The summed E-state index contributed by atoms with van der Waals surface area (Å²) in [5.41, 5.74) is 3.42. The maximum atomic E-state index is 13.0. The van der Waals surface area contributed by atoms with Crippen molar-refractivity contribution < 1.29 is 4.79 Å². The number of aromatic amines is 1. The van der Waals surface area contributed by atoms with E-state index in [0.29, 0.717) is 10.9 Å². The number of hydrogen-bond acceptors (Lipinski definition) is 2. The highest BCUT2D eigenvalue weighted by molar-refractivity contribution is 14.1. The highest BCUT2D eigenvalue weighted by atomic mass is 127. The van der Waals surface area contributed by atoms with E-state index in [4.69, 9.17) is 0 Å². The number of amides is 1. The molecule has 0 aliphatic rings. The third-order valence-electron chi connectivity index (χ3n) is 5.00. The minimum absolute atomic E-state index is 0.00540. The zero-order valence-corrected chi connectivity index (χ0v) is 19.9. The Balaban J connectivity index is 2.08. The predicted octanol–water partition coefficient (Wildman–Crippen LogP) is 5.98. The molecule has 4 nitrogen and oxygen atoms in total. The van der Waals surface area contributed by atoms with E-state index in [9.17, 15) is 9.59 Å². The number of pyridine rings is 1. The Morgan fingerprint density at radius 3 is 2.21 bits per heavy atom. The van der Waals surface area contributed by atoms with E-state index in [-0.39, 0.29) is 21.8 Å². The molecule has 0 aliphatic carbocycles. The molecule has 29 heavy (non-hydrogen) atoms. The van der Waals surface area contributed by atoms with Gasteiger partial charge in [-0.3, -0.25) is 9.59 Å². The highest BCUT2D eigenvalue weighted by Crippen LogP contribution is 2.37. The SMILES string of the molecule is CC(C)(C)c1cc(C(C)(C)C)c(NC(=O)c2c[nH]c3ccccc3c2=O)cc1I. The molecule has 2 aromatic carbocycles. The van der Waals surface area contributed by atoms with Crippen LogP contribution in [0.4, 0.5) is 5.69 Å². The number of hydrogen-bond donors (Lipinski definition) is 2. The molecule has 1 aromatic heterocycles. The number of rotatable bonds is 2. The number of anilines is 1. The van der Waals surface area contributed by atoms with Gasteiger partial charge in [-0.25, -0.2) is 0 Å². The number of nitrogens with one attached hydrogen (secondary N) is 2. The second-order valence-electron chi connectivity index (χ2n) is 9.41. The summed E-state index contributed by atoms with van der Waals surface area (Å²) in [5.74, 6) is -0.401. The lowest BCUT2D eigenvalue weighted by molar-refractivity contribution is 0.102. The molecule has 1 heterocycles. The topological polar surface area (TPSA) is 62.0 Å². The molecule has 3 rings (SSSR count).